The summed E-state index contributed by atoms with van der Waals surface area (Å²) in [6.07, 6.45) is -4.41. The Bertz CT molecular complexity index is 446. The van der Waals surface area contributed by atoms with E-state index in [0.29, 0.717) is 23.2 Å². The maximum Gasteiger partial charge on any atom is 0.433 e. The van der Waals surface area contributed by atoms with Crippen LogP contribution in [-0.2, 0) is 25.0 Å². The average molecular weight is 277 g/mol. The SMILES string of the molecule is CC(C)SCc1nc2c(c(C(F)(F)F)n1)CNC2. The van der Waals surface area contributed by atoms with Crippen LogP contribution in [0.5, 0.6) is 0 Å². The summed E-state index contributed by atoms with van der Waals surface area (Å²) in [5.74, 6) is 0.678. The number of thioether (sulfide) groups is 1. The third kappa shape index (κ3) is 2.95. The van der Waals surface area contributed by atoms with Crippen LogP contribution in [0.4, 0.5) is 13.2 Å². The minimum absolute atomic E-state index is 0.195. The first-order chi connectivity index (χ1) is 8.38. The molecular weight excluding hydrogens is 263 g/mol. The van der Waals surface area contributed by atoms with E-state index in [9.17, 15) is 13.2 Å². The van der Waals surface area contributed by atoms with Gasteiger partial charge in [0.15, 0.2) is 5.69 Å². The molecule has 1 N–H and O–H groups in total. The molecule has 0 spiro atoms. The Balaban J connectivity index is 2.34. The summed E-state index contributed by atoms with van der Waals surface area (Å²) in [5.41, 5.74) is -0.102. The van der Waals surface area contributed by atoms with E-state index in [2.05, 4.69) is 15.3 Å². The Kier molecular flexibility index (Phi) is 3.82. The van der Waals surface area contributed by atoms with Crippen molar-refractivity contribution in [2.24, 2.45) is 0 Å². The number of alkyl halides is 3. The molecule has 0 saturated heterocycles. The summed E-state index contributed by atoms with van der Waals surface area (Å²) < 4.78 is 38.7. The fourth-order valence-corrected chi connectivity index (χ4v) is 2.37. The number of hydrogen-bond donors (Lipinski definition) is 1. The van der Waals surface area contributed by atoms with Gasteiger partial charge in [0, 0.05) is 18.7 Å². The lowest BCUT2D eigenvalue weighted by Gasteiger charge is -2.12. The lowest BCUT2D eigenvalue weighted by molar-refractivity contribution is -0.142. The highest BCUT2D eigenvalue weighted by molar-refractivity contribution is 7.99. The summed E-state index contributed by atoms with van der Waals surface area (Å²) in [6.45, 7) is 4.57. The third-order valence-electron chi connectivity index (χ3n) is 2.55. The van der Waals surface area contributed by atoms with Crippen LogP contribution in [0.2, 0.25) is 0 Å². The number of nitrogens with zero attached hydrogens (tertiary/aromatic N) is 2. The van der Waals surface area contributed by atoms with Crippen LogP contribution in [0, 0.1) is 0 Å². The zero-order valence-electron chi connectivity index (χ0n) is 10.1. The first-order valence-electron chi connectivity index (χ1n) is 5.66. The lowest BCUT2D eigenvalue weighted by Crippen LogP contribution is -2.15. The molecule has 0 fully saturated rings. The molecule has 1 aliphatic rings. The van der Waals surface area contributed by atoms with E-state index in [-0.39, 0.29) is 17.9 Å². The topological polar surface area (TPSA) is 37.8 Å². The Morgan fingerprint density at radius 2 is 2.00 bits per heavy atom. The molecule has 0 radical (unpaired) electrons. The van der Waals surface area contributed by atoms with Crippen molar-refractivity contribution in [3.05, 3.63) is 22.8 Å². The molecule has 0 atom stereocenters. The first kappa shape index (κ1) is 13.6. The molecule has 1 aromatic heterocycles. The summed E-state index contributed by atoms with van der Waals surface area (Å²) in [4.78, 5) is 7.90. The number of aromatic nitrogens is 2. The van der Waals surface area contributed by atoms with Crippen molar-refractivity contribution in [2.45, 2.75) is 44.1 Å². The standard InChI is InChI=1S/C11H14F3N3S/c1-6(2)18-5-9-16-8-4-15-3-7(8)10(17-9)11(12,13)14/h6,15H,3-5H2,1-2H3. The van der Waals surface area contributed by atoms with Crippen LogP contribution >= 0.6 is 11.8 Å². The Hall–Kier alpha value is -0.820. The van der Waals surface area contributed by atoms with Crippen LogP contribution in [0.1, 0.15) is 36.6 Å². The molecule has 100 valence electrons. The molecule has 0 saturated carbocycles. The second-order valence-electron chi connectivity index (χ2n) is 4.37. The van der Waals surface area contributed by atoms with E-state index < -0.39 is 11.9 Å². The van der Waals surface area contributed by atoms with Gasteiger partial charge in [-0.05, 0) is 5.25 Å². The van der Waals surface area contributed by atoms with Crippen LogP contribution in [-0.4, -0.2) is 15.2 Å². The normalized spacial score (nSPS) is 15.2. The van der Waals surface area contributed by atoms with Gasteiger partial charge in [0.05, 0.1) is 11.4 Å². The van der Waals surface area contributed by atoms with E-state index in [1.54, 1.807) is 0 Å². The van der Waals surface area contributed by atoms with Gasteiger partial charge in [0.2, 0.25) is 0 Å². The predicted octanol–water partition coefficient (Wildman–Crippen LogP) is 2.74. The molecule has 0 unspecified atom stereocenters. The number of rotatable bonds is 3. The maximum absolute atomic E-state index is 12.9. The van der Waals surface area contributed by atoms with Crippen molar-refractivity contribution in [1.29, 1.82) is 0 Å². The molecule has 18 heavy (non-hydrogen) atoms. The quantitative estimate of drug-likeness (QED) is 0.922. The van der Waals surface area contributed by atoms with Crippen molar-refractivity contribution >= 4 is 11.8 Å². The van der Waals surface area contributed by atoms with Crippen LogP contribution in [0.25, 0.3) is 0 Å². The molecule has 3 nitrogen and oxygen atoms in total. The summed E-state index contributed by atoms with van der Waals surface area (Å²) in [6, 6.07) is 0. The van der Waals surface area contributed by atoms with Crippen molar-refractivity contribution < 1.29 is 13.2 Å². The molecule has 2 rings (SSSR count). The third-order valence-corrected chi connectivity index (χ3v) is 3.64. The van der Waals surface area contributed by atoms with Crippen molar-refractivity contribution in [2.75, 3.05) is 0 Å². The number of hydrogen-bond acceptors (Lipinski definition) is 4. The molecule has 0 aliphatic carbocycles. The van der Waals surface area contributed by atoms with Gasteiger partial charge >= 0.3 is 6.18 Å². The van der Waals surface area contributed by atoms with Gasteiger partial charge in [-0.1, -0.05) is 13.8 Å². The van der Waals surface area contributed by atoms with Crippen molar-refractivity contribution in [3.63, 3.8) is 0 Å². The molecule has 0 bridgehead atoms. The van der Waals surface area contributed by atoms with E-state index in [1.807, 2.05) is 13.8 Å². The zero-order chi connectivity index (χ0) is 13.3. The Labute approximate surface area is 108 Å². The Morgan fingerprint density at radius 3 is 2.61 bits per heavy atom. The summed E-state index contributed by atoms with van der Waals surface area (Å²) >= 11 is 1.54. The fraction of sp³-hybridized carbons (Fsp3) is 0.636. The van der Waals surface area contributed by atoms with Crippen molar-refractivity contribution in [1.82, 2.24) is 15.3 Å². The van der Waals surface area contributed by atoms with Crippen LogP contribution < -0.4 is 5.32 Å². The molecule has 2 heterocycles. The molecule has 1 aliphatic heterocycles. The lowest BCUT2D eigenvalue weighted by atomic mass is 10.2. The molecule has 0 aromatic carbocycles. The van der Waals surface area contributed by atoms with Crippen molar-refractivity contribution in [3.8, 4) is 0 Å². The molecule has 7 heteroatoms. The monoisotopic (exact) mass is 277 g/mol. The van der Waals surface area contributed by atoms with E-state index in [4.69, 9.17) is 0 Å². The molecular formula is C11H14F3N3S. The highest BCUT2D eigenvalue weighted by Crippen LogP contribution is 2.33. The van der Waals surface area contributed by atoms with Gasteiger partial charge in [0.1, 0.15) is 5.82 Å². The zero-order valence-corrected chi connectivity index (χ0v) is 11.0. The minimum Gasteiger partial charge on any atom is -0.307 e. The fourth-order valence-electron chi connectivity index (χ4n) is 1.76. The van der Waals surface area contributed by atoms with Gasteiger partial charge in [0.25, 0.3) is 0 Å². The second-order valence-corrected chi connectivity index (χ2v) is 5.94. The van der Waals surface area contributed by atoms with Crippen LogP contribution in [0.15, 0.2) is 0 Å². The number of nitrogens with one attached hydrogen (secondary N) is 1. The molecule has 0 amide bonds. The Morgan fingerprint density at radius 1 is 1.28 bits per heavy atom. The van der Waals surface area contributed by atoms with Gasteiger partial charge in [-0.15, -0.1) is 0 Å². The smallest absolute Gasteiger partial charge is 0.307 e. The van der Waals surface area contributed by atoms with Gasteiger partial charge in [-0.2, -0.15) is 24.9 Å². The molecule has 1 aromatic rings. The van der Waals surface area contributed by atoms with Crippen LogP contribution in [0.3, 0.4) is 0 Å². The van der Waals surface area contributed by atoms with E-state index >= 15 is 0 Å². The highest BCUT2D eigenvalue weighted by Gasteiger charge is 2.38. The second kappa shape index (κ2) is 5.05. The summed E-state index contributed by atoms with van der Waals surface area (Å²) in [5, 5.41) is 3.22. The van der Waals surface area contributed by atoms with Gasteiger partial charge < -0.3 is 5.32 Å². The van der Waals surface area contributed by atoms with Gasteiger partial charge in [-0.3, -0.25) is 0 Å². The van der Waals surface area contributed by atoms with E-state index in [0.717, 1.165) is 0 Å². The summed E-state index contributed by atoms with van der Waals surface area (Å²) in [7, 11) is 0. The van der Waals surface area contributed by atoms with E-state index in [1.165, 1.54) is 11.8 Å². The number of halogens is 3. The predicted molar refractivity (Wildman–Crippen MR) is 64.0 cm³/mol. The van der Waals surface area contributed by atoms with Gasteiger partial charge in [-0.25, -0.2) is 9.97 Å². The number of fused-ring (bicyclic) bond motifs is 1. The minimum atomic E-state index is -4.41. The maximum atomic E-state index is 12.9. The first-order valence-corrected chi connectivity index (χ1v) is 6.71. The highest BCUT2D eigenvalue weighted by atomic mass is 32.2. The largest absolute Gasteiger partial charge is 0.433 e. The average Bonchev–Trinajstić information content (AvgIpc) is 2.71.